The highest BCUT2D eigenvalue weighted by molar-refractivity contribution is 5.73. The van der Waals surface area contributed by atoms with E-state index in [0.717, 1.165) is 5.82 Å². The molecule has 1 rings (SSSR count). The minimum Gasteiger partial charge on any atom is -0.480 e. The van der Waals surface area contributed by atoms with Crippen molar-refractivity contribution in [2.45, 2.75) is 19.4 Å². The van der Waals surface area contributed by atoms with E-state index in [1.165, 1.54) is 0 Å². The largest absolute Gasteiger partial charge is 0.480 e. The highest BCUT2D eigenvalue weighted by Crippen LogP contribution is 1.97. The Morgan fingerprint density at radius 2 is 2.38 bits per heavy atom. The fraction of sp³-hybridized carbons (Fsp3) is 0.571. The van der Waals surface area contributed by atoms with Crippen molar-refractivity contribution in [3.63, 3.8) is 0 Å². The van der Waals surface area contributed by atoms with E-state index in [0.29, 0.717) is 5.82 Å². The molecule has 1 heterocycles. The minimum atomic E-state index is -1.04. The van der Waals surface area contributed by atoms with Crippen molar-refractivity contribution in [1.82, 2.24) is 14.8 Å². The van der Waals surface area contributed by atoms with E-state index >= 15 is 0 Å². The molecule has 1 atom stereocenters. The van der Waals surface area contributed by atoms with E-state index in [4.69, 9.17) is 10.8 Å². The second-order valence-electron chi connectivity index (χ2n) is 2.85. The molecule has 0 amide bonds. The van der Waals surface area contributed by atoms with Crippen LogP contribution in [0.3, 0.4) is 0 Å². The van der Waals surface area contributed by atoms with Crippen molar-refractivity contribution in [1.29, 1.82) is 0 Å². The summed E-state index contributed by atoms with van der Waals surface area (Å²) in [4.78, 5) is 14.4. The number of rotatable bonds is 3. The number of hydrogen-bond donors (Lipinski definition) is 2. The lowest BCUT2D eigenvalue weighted by Crippen LogP contribution is -2.32. The van der Waals surface area contributed by atoms with Crippen LogP contribution in [0.2, 0.25) is 0 Å². The van der Waals surface area contributed by atoms with Crippen LogP contribution in [0.5, 0.6) is 0 Å². The van der Waals surface area contributed by atoms with E-state index in [9.17, 15) is 4.79 Å². The molecule has 0 aliphatic heterocycles. The van der Waals surface area contributed by atoms with Gasteiger partial charge in [0.1, 0.15) is 11.9 Å². The summed E-state index contributed by atoms with van der Waals surface area (Å²) in [5.41, 5.74) is 5.32. The number of hydrogen-bond acceptors (Lipinski definition) is 4. The Kier molecular flexibility index (Phi) is 2.62. The maximum atomic E-state index is 10.4. The molecule has 1 aromatic heterocycles. The van der Waals surface area contributed by atoms with Gasteiger partial charge in [0.15, 0.2) is 5.82 Å². The Labute approximate surface area is 75.4 Å². The molecule has 0 radical (unpaired) electrons. The van der Waals surface area contributed by atoms with Gasteiger partial charge in [-0.05, 0) is 6.92 Å². The highest BCUT2D eigenvalue weighted by Gasteiger charge is 2.15. The van der Waals surface area contributed by atoms with E-state index < -0.39 is 12.0 Å². The number of carboxylic acids is 1. The third kappa shape index (κ3) is 2.25. The van der Waals surface area contributed by atoms with Crippen LogP contribution in [0.25, 0.3) is 0 Å². The molecule has 0 spiro atoms. The summed E-state index contributed by atoms with van der Waals surface area (Å²) in [6.07, 6.45) is 0.164. The average molecular weight is 184 g/mol. The van der Waals surface area contributed by atoms with Gasteiger partial charge in [-0.3, -0.25) is 9.48 Å². The van der Waals surface area contributed by atoms with Crippen molar-refractivity contribution < 1.29 is 9.90 Å². The lowest BCUT2D eigenvalue weighted by molar-refractivity contribution is -0.138. The van der Waals surface area contributed by atoms with Crippen molar-refractivity contribution in [3.8, 4) is 0 Å². The van der Waals surface area contributed by atoms with E-state index in [1.54, 1.807) is 18.7 Å². The van der Waals surface area contributed by atoms with Crippen LogP contribution in [0.15, 0.2) is 0 Å². The van der Waals surface area contributed by atoms with Gasteiger partial charge in [-0.2, -0.15) is 5.10 Å². The number of aliphatic carboxylic acids is 1. The fourth-order valence-electron chi connectivity index (χ4n) is 0.897. The molecule has 72 valence electrons. The van der Waals surface area contributed by atoms with Gasteiger partial charge < -0.3 is 10.8 Å². The predicted octanol–water partition coefficient (Wildman–Crippen LogP) is -0.922. The summed E-state index contributed by atoms with van der Waals surface area (Å²) in [5, 5.41) is 12.5. The highest BCUT2D eigenvalue weighted by atomic mass is 16.4. The van der Waals surface area contributed by atoms with E-state index in [2.05, 4.69) is 10.1 Å². The van der Waals surface area contributed by atoms with Gasteiger partial charge in [-0.15, -0.1) is 0 Å². The minimum absolute atomic E-state index is 0.164. The summed E-state index contributed by atoms with van der Waals surface area (Å²) in [7, 11) is 1.75. The number of nitrogens with zero attached hydrogens (tertiary/aromatic N) is 3. The summed E-state index contributed by atoms with van der Waals surface area (Å²) >= 11 is 0. The number of carboxylic acid groups (broad SMARTS) is 1. The molecule has 0 saturated carbocycles. The van der Waals surface area contributed by atoms with Gasteiger partial charge in [-0.25, -0.2) is 4.98 Å². The molecular formula is C7H12N4O2. The number of aryl methyl sites for hydroxylation is 2. The second-order valence-corrected chi connectivity index (χ2v) is 2.85. The Morgan fingerprint density at radius 1 is 1.77 bits per heavy atom. The van der Waals surface area contributed by atoms with Gasteiger partial charge >= 0.3 is 5.97 Å². The Bertz CT molecular complexity index is 301. The molecule has 3 N–H and O–H groups in total. The molecule has 6 nitrogen and oxygen atoms in total. The van der Waals surface area contributed by atoms with Crippen LogP contribution < -0.4 is 5.73 Å². The molecule has 0 saturated heterocycles. The first-order valence-electron chi connectivity index (χ1n) is 3.85. The topological polar surface area (TPSA) is 94.0 Å². The smallest absolute Gasteiger partial charge is 0.320 e. The van der Waals surface area contributed by atoms with Crippen LogP contribution in [-0.2, 0) is 18.3 Å². The van der Waals surface area contributed by atoms with Gasteiger partial charge in [0, 0.05) is 13.5 Å². The zero-order valence-corrected chi connectivity index (χ0v) is 7.56. The van der Waals surface area contributed by atoms with Crippen molar-refractivity contribution in [2.75, 3.05) is 0 Å². The molecule has 6 heteroatoms. The number of aromatic nitrogens is 3. The molecule has 0 aromatic carbocycles. The normalized spacial score (nSPS) is 12.8. The van der Waals surface area contributed by atoms with Crippen molar-refractivity contribution in [2.24, 2.45) is 12.8 Å². The third-order valence-electron chi connectivity index (χ3n) is 1.74. The molecule has 0 bridgehead atoms. The van der Waals surface area contributed by atoms with Gasteiger partial charge in [-0.1, -0.05) is 0 Å². The first-order valence-corrected chi connectivity index (χ1v) is 3.85. The van der Waals surface area contributed by atoms with Crippen LogP contribution in [0.4, 0.5) is 0 Å². The summed E-state index contributed by atoms with van der Waals surface area (Å²) in [5.74, 6) is 0.174. The maximum absolute atomic E-state index is 10.4. The molecular weight excluding hydrogens is 172 g/mol. The lowest BCUT2D eigenvalue weighted by atomic mass is 10.2. The first kappa shape index (κ1) is 9.66. The van der Waals surface area contributed by atoms with Crippen LogP contribution >= 0.6 is 0 Å². The van der Waals surface area contributed by atoms with Crippen LogP contribution in [0, 0.1) is 6.92 Å². The quantitative estimate of drug-likeness (QED) is 0.633. The van der Waals surface area contributed by atoms with E-state index in [1.807, 2.05) is 0 Å². The first-order chi connectivity index (χ1) is 6.00. The Balaban J connectivity index is 2.69. The zero-order chi connectivity index (χ0) is 10.0. The summed E-state index contributed by atoms with van der Waals surface area (Å²) < 4.78 is 1.59. The van der Waals surface area contributed by atoms with Gasteiger partial charge in [0.25, 0.3) is 0 Å². The molecule has 1 unspecified atom stereocenters. The Morgan fingerprint density at radius 3 is 2.77 bits per heavy atom. The van der Waals surface area contributed by atoms with Crippen molar-refractivity contribution in [3.05, 3.63) is 11.6 Å². The SMILES string of the molecule is Cc1nc(CC(N)C(=O)O)nn1C. The number of nitrogens with two attached hydrogens (primary N) is 1. The van der Waals surface area contributed by atoms with Crippen LogP contribution in [-0.4, -0.2) is 31.9 Å². The zero-order valence-electron chi connectivity index (χ0n) is 7.56. The maximum Gasteiger partial charge on any atom is 0.320 e. The predicted molar refractivity (Wildman–Crippen MR) is 45.1 cm³/mol. The van der Waals surface area contributed by atoms with Crippen molar-refractivity contribution >= 4 is 5.97 Å². The summed E-state index contributed by atoms with van der Waals surface area (Å²) in [6.45, 7) is 1.79. The average Bonchev–Trinajstić information content (AvgIpc) is 2.31. The number of carbonyl (C=O) groups is 1. The summed E-state index contributed by atoms with van der Waals surface area (Å²) in [6, 6.07) is -0.929. The van der Waals surface area contributed by atoms with E-state index in [-0.39, 0.29) is 6.42 Å². The molecule has 1 aromatic rings. The van der Waals surface area contributed by atoms with Crippen LogP contribution in [0.1, 0.15) is 11.6 Å². The molecule has 13 heavy (non-hydrogen) atoms. The molecule has 0 aliphatic carbocycles. The molecule has 0 aliphatic rings. The second kappa shape index (κ2) is 3.53. The fourth-order valence-corrected chi connectivity index (χ4v) is 0.897. The molecule has 0 fully saturated rings. The Hall–Kier alpha value is -1.43. The standard InChI is InChI=1S/C7H12N4O2/c1-4-9-6(10-11(4)2)3-5(8)7(12)13/h5H,3,8H2,1-2H3,(H,12,13). The van der Waals surface area contributed by atoms with Gasteiger partial charge in [0.2, 0.25) is 0 Å². The monoisotopic (exact) mass is 184 g/mol. The lowest BCUT2D eigenvalue weighted by Gasteiger charge is -2.00. The van der Waals surface area contributed by atoms with Gasteiger partial charge in [0.05, 0.1) is 0 Å². The third-order valence-corrected chi connectivity index (χ3v) is 1.74.